The molecule has 0 saturated carbocycles. The molecule has 0 aromatic rings. The van der Waals surface area contributed by atoms with Gasteiger partial charge in [0.15, 0.2) is 0 Å². The molecular formula is C12H24N2O2. The third-order valence-electron chi connectivity index (χ3n) is 2.85. The number of hydrogen-bond donors (Lipinski definition) is 1. The summed E-state index contributed by atoms with van der Waals surface area (Å²) in [5, 5.41) is 3.27. The lowest BCUT2D eigenvalue weighted by Gasteiger charge is -2.31. The highest BCUT2D eigenvalue weighted by atomic mass is 16.5. The minimum absolute atomic E-state index is 0.159. The fourth-order valence-corrected chi connectivity index (χ4v) is 2.13. The van der Waals surface area contributed by atoms with E-state index in [4.69, 9.17) is 4.74 Å². The van der Waals surface area contributed by atoms with Gasteiger partial charge in [-0.3, -0.25) is 10.1 Å². The summed E-state index contributed by atoms with van der Waals surface area (Å²) in [6, 6.07) is 0.159. The molecule has 1 rings (SSSR count). The van der Waals surface area contributed by atoms with Crippen LogP contribution in [0.15, 0.2) is 0 Å². The predicted octanol–water partition coefficient (Wildman–Crippen LogP) is 1.22. The van der Waals surface area contributed by atoms with Crippen molar-refractivity contribution in [2.45, 2.75) is 46.3 Å². The van der Waals surface area contributed by atoms with Gasteiger partial charge in [0.05, 0.1) is 25.4 Å². The van der Waals surface area contributed by atoms with Crippen LogP contribution in [0.25, 0.3) is 0 Å². The van der Waals surface area contributed by atoms with Crippen LogP contribution in [0, 0.1) is 5.92 Å². The Kier molecular flexibility index (Phi) is 5.22. The number of nitrogens with zero attached hydrogens (tertiary/aromatic N) is 1. The van der Waals surface area contributed by atoms with E-state index in [1.54, 1.807) is 0 Å². The number of ether oxygens (including phenoxy) is 1. The molecule has 4 heteroatoms. The van der Waals surface area contributed by atoms with E-state index in [1.807, 2.05) is 18.7 Å². The van der Waals surface area contributed by atoms with E-state index in [-0.39, 0.29) is 18.1 Å². The fourth-order valence-electron chi connectivity index (χ4n) is 2.13. The lowest BCUT2D eigenvalue weighted by Crippen LogP contribution is -2.45. The van der Waals surface area contributed by atoms with E-state index in [0.29, 0.717) is 25.7 Å². The Morgan fingerprint density at radius 3 is 2.75 bits per heavy atom. The zero-order chi connectivity index (χ0) is 12.1. The van der Waals surface area contributed by atoms with Crippen molar-refractivity contribution in [1.82, 2.24) is 10.2 Å². The largest absolute Gasteiger partial charge is 0.380 e. The summed E-state index contributed by atoms with van der Waals surface area (Å²) >= 11 is 0. The Balaban J connectivity index is 2.54. The Morgan fingerprint density at radius 2 is 2.19 bits per heavy atom. The van der Waals surface area contributed by atoms with Crippen molar-refractivity contribution in [3.63, 3.8) is 0 Å². The predicted molar refractivity (Wildman–Crippen MR) is 64.0 cm³/mol. The summed E-state index contributed by atoms with van der Waals surface area (Å²) in [6.45, 7) is 10.2. The monoisotopic (exact) mass is 228 g/mol. The molecule has 1 amide bonds. The van der Waals surface area contributed by atoms with E-state index in [2.05, 4.69) is 19.2 Å². The molecule has 0 aromatic heterocycles. The number of carbonyl (C=O) groups is 1. The van der Waals surface area contributed by atoms with Gasteiger partial charge in [-0.2, -0.15) is 0 Å². The van der Waals surface area contributed by atoms with Gasteiger partial charge in [-0.25, -0.2) is 0 Å². The van der Waals surface area contributed by atoms with E-state index < -0.39 is 0 Å². The van der Waals surface area contributed by atoms with Crippen LogP contribution in [0.3, 0.4) is 0 Å². The van der Waals surface area contributed by atoms with Crippen LogP contribution in [0.2, 0.25) is 0 Å². The van der Waals surface area contributed by atoms with Gasteiger partial charge in [-0.05, 0) is 26.2 Å². The third-order valence-corrected chi connectivity index (χ3v) is 2.85. The van der Waals surface area contributed by atoms with Gasteiger partial charge in [-0.1, -0.05) is 13.8 Å². The van der Waals surface area contributed by atoms with Crippen molar-refractivity contribution >= 4 is 5.91 Å². The van der Waals surface area contributed by atoms with Crippen LogP contribution in [-0.2, 0) is 9.53 Å². The number of amides is 1. The zero-order valence-electron chi connectivity index (χ0n) is 10.8. The second kappa shape index (κ2) is 6.21. The smallest absolute Gasteiger partial charge is 0.238 e. The SMILES string of the molecule is CCOCC(C)N1C(=O)CNC1CC(C)C. The van der Waals surface area contributed by atoms with Crippen molar-refractivity contribution in [2.24, 2.45) is 5.92 Å². The first-order valence-electron chi connectivity index (χ1n) is 6.18. The van der Waals surface area contributed by atoms with Crippen molar-refractivity contribution in [2.75, 3.05) is 19.8 Å². The van der Waals surface area contributed by atoms with Crippen LogP contribution < -0.4 is 5.32 Å². The topological polar surface area (TPSA) is 41.6 Å². The van der Waals surface area contributed by atoms with Gasteiger partial charge < -0.3 is 9.64 Å². The standard InChI is InChI=1S/C12H24N2O2/c1-5-16-8-10(4)14-11(6-9(2)3)13-7-12(14)15/h9-11,13H,5-8H2,1-4H3. The third kappa shape index (κ3) is 3.46. The molecule has 1 fully saturated rings. The quantitative estimate of drug-likeness (QED) is 0.743. The first kappa shape index (κ1) is 13.5. The number of hydrogen-bond acceptors (Lipinski definition) is 3. The molecule has 0 radical (unpaired) electrons. The lowest BCUT2D eigenvalue weighted by atomic mass is 10.1. The first-order chi connectivity index (χ1) is 7.56. The van der Waals surface area contributed by atoms with Gasteiger partial charge in [0.2, 0.25) is 5.91 Å². The normalized spacial score (nSPS) is 23.2. The molecular weight excluding hydrogens is 204 g/mol. The highest BCUT2D eigenvalue weighted by molar-refractivity contribution is 5.81. The number of nitrogens with one attached hydrogen (secondary N) is 1. The van der Waals surface area contributed by atoms with Gasteiger partial charge in [0, 0.05) is 6.61 Å². The van der Waals surface area contributed by atoms with Gasteiger partial charge in [-0.15, -0.1) is 0 Å². The van der Waals surface area contributed by atoms with Gasteiger partial charge >= 0.3 is 0 Å². The summed E-state index contributed by atoms with van der Waals surface area (Å²) < 4.78 is 5.39. The van der Waals surface area contributed by atoms with Crippen LogP contribution in [0.1, 0.15) is 34.1 Å². The molecule has 2 atom stereocenters. The Morgan fingerprint density at radius 1 is 1.50 bits per heavy atom. The second-order valence-corrected chi connectivity index (χ2v) is 4.84. The average Bonchev–Trinajstić information content (AvgIpc) is 2.55. The molecule has 0 bridgehead atoms. The molecule has 1 N–H and O–H groups in total. The van der Waals surface area contributed by atoms with Crippen LogP contribution >= 0.6 is 0 Å². The summed E-state index contributed by atoms with van der Waals surface area (Å²) in [5.41, 5.74) is 0. The minimum Gasteiger partial charge on any atom is -0.380 e. The van der Waals surface area contributed by atoms with Crippen molar-refractivity contribution in [1.29, 1.82) is 0 Å². The number of carbonyl (C=O) groups excluding carboxylic acids is 1. The molecule has 1 aliphatic rings. The fraction of sp³-hybridized carbons (Fsp3) is 0.917. The van der Waals surface area contributed by atoms with E-state index in [0.717, 1.165) is 6.42 Å². The maximum atomic E-state index is 11.8. The highest BCUT2D eigenvalue weighted by Crippen LogP contribution is 2.17. The summed E-state index contributed by atoms with van der Waals surface area (Å²) in [5.74, 6) is 0.781. The van der Waals surface area contributed by atoms with Crippen LogP contribution in [0.5, 0.6) is 0 Å². The average molecular weight is 228 g/mol. The van der Waals surface area contributed by atoms with Crippen LogP contribution in [0.4, 0.5) is 0 Å². The molecule has 94 valence electrons. The molecule has 1 saturated heterocycles. The summed E-state index contributed by atoms with van der Waals surface area (Å²) in [4.78, 5) is 13.7. The Hall–Kier alpha value is -0.610. The van der Waals surface area contributed by atoms with Gasteiger partial charge in [0.1, 0.15) is 0 Å². The Bertz CT molecular complexity index is 231. The molecule has 2 unspecified atom stereocenters. The maximum Gasteiger partial charge on any atom is 0.238 e. The summed E-state index contributed by atoms with van der Waals surface area (Å²) in [6.07, 6.45) is 1.19. The molecule has 1 heterocycles. The summed E-state index contributed by atoms with van der Waals surface area (Å²) in [7, 11) is 0. The van der Waals surface area contributed by atoms with Gasteiger partial charge in [0.25, 0.3) is 0 Å². The lowest BCUT2D eigenvalue weighted by molar-refractivity contribution is -0.131. The van der Waals surface area contributed by atoms with E-state index in [9.17, 15) is 4.79 Å². The van der Waals surface area contributed by atoms with E-state index in [1.165, 1.54) is 0 Å². The molecule has 1 aliphatic heterocycles. The second-order valence-electron chi connectivity index (χ2n) is 4.84. The molecule has 0 aromatic carbocycles. The molecule has 4 nitrogen and oxygen atoms in total. The first-order valence-corrected chi connectivity index (χ1v) is 6.18. The molecule has 16 heavy (non-hydrogen) atoms. The Labute approximate surface area is 98.3 Å². The van der Waals surface area contributed by atoms with E-state index >= 15 is 0 Å². The zero-order valence-corrected chi connectivity index (χ0v) is 10.8. The molecule has 0 aliphatic carbocycles. The molecule has 0 spiro atoms. The van der Waals surface area contributed by atoms with Crippen molar-refractivity contribution in [3.8, 4) is 0 Å². The van der Waals surface area contributed by atoms with Crippen molar-refractivity contribution in [3.05, 3.63) is 0 Å². The van der Waals surface area contributed by atoms with Crippen LogP contribution in [-0.4, -0.2) is 42.8 Å². The van der Waals surface area contributed by atoms with Crippen molar-refractivity contribution < 1.29 is 9.53 Å². The highest BCUT2D eigenvalue weighted by Gasteiger charge is 2.33. The number of rotatable bonds is 6. The maximum absolute atomic E-state index is 11.8. The minimum atomic E-state index is 0.159.